The third-order valence-corrected chi connectivity index (χ3v) is 2.51. The number of carboxylic acid groups (broad SMARTS) is 1. The van der Waals surface area contributed by atoms with Gasteiger partial charge in [-0.25, -0.2) is 4.79 Å². The summed E-state index contributed by atoms with van der Waals surface area (Å²) in [7, 11) is 1.57. The lowest BCUT2D eigenvalue weighted by Crippen LogP contribution is -2.28. The molecule has 5 heteroatoms. The molecule has 0 bridgehead atoms. The van der Waals surface area contributed by atoms with Gasteiger partial charge in [-0.2, -0.15) is 0 Å². The first-order chi connectivity index (χ1) is 8.62. The summed E-state index contributed by atoms with van der Waals surface area (Å²) in [5, 5.41) is 11.9. The van der Waals surface area contributed by atoms with Gasteiger partial charge < -0.3 is 19.9 Å². The largest absolute Gasteiger partial charge is 0.493 e. The predicted octanol–water partition coefficient (Wildman–Crippen LogP) is 2.37. The number of benzene rings is 1. The van der Waals surface area contributed by atoms with Crippen LogP contribution in [0, 0.1) is 0 Å². The Labute approximate surface area is 107 Å². The van der Waals surface area contributed by atoms with Gasteiger partial charge in [0.05, 0.1) is 13.7 Å². The second-order valence-corrected chi connectivity index (χ2v) is 3.74. The smallest absolute Gasteiger partial charge is 0.326 e. The van der Waals surface area contributed by atoms with Crippen LogP contribution in [0.3, 0.4) is 0 Å². The van der Waals surface area contributed by atoms with Crippen LogP contribution >= 0.6 is 0 Å². The van der Waals surface area contributed by atoms with E-state index in [1.807, 2.05) is 13.8 Å². The van der Waals surface area contributed by atoms with Gasteiger partial charge in [0, 0.05) is 11.8 Å². The van der Waals surface area contributed by atoms with Crippen molar-refractivity contribution in [2.45, 2.75) is 26.3 Å². The molecular weight excluding hydrogens is 234 g/mol. The van der Waals surface area contributed by atoms with Crippen LogP contribution in [0.25, 0.3) is 0 Å². The van der Waals surface area contributed by atoms with Gasteiger partial charge in [-0.15, -0.1) is 0 Å². The number of hydrogen-bond acceptors (Lipinski definition) is 4. The molecule has 0 spiro atoms. The Balaban J connectivity index is 2.90. The number of ether oxygens (including phenoxy) is 2. The zero-order valence-electron chi connectivity index (χ0n) is 10.9. The fraction of sp³-hybridized carbons (Fsp3) is 0.462. The number of hydrogen-bond donors (Lipinski definition) is 2. The van der Waals surface area contributed by atoms with Gasteiger partial charge in [-0.1, -0.05) is 6.92 Å². The van der Waals surface area contributed by atoms with Crippen LogP contribution < -0.4 is 14.8 Å². The second kappa shape index (κ2) is 6.74. The highest BCUT2D eigenvalue weighted by Crippen LogP contribution is 2.30. The van der Waals surface area contributed by atoms with E-state index in [-0.39, 0.29) is 0 Å². The Morgan fingerprint density at radius 3 is 2.61 bits per heavy atom. The molecular formula is C13H19NO4. The molecule has 1 unspecified atom stereocenters. The number of methoxy groups -OCH3 is 1. The summed E-state index contributed by atoms with van der Waals surface area (Å²) in [5.41, 5.74) is 0.702. The number of anilines is 1. The first-order valence-corrected chi connectivity index (χ1v) is 5.92. The summed E-state index contributed by atoms with van der Waals surface area (Å²) in [5.74, 6) is 0.363. The zero-order chi connectivity index (χ0) is 13.5. The quantitative estimate of drug-likeness (QED) is 0.780. The van der Waals surface area contributed by atoms with Crippen molar-refractivity contribution in [1.29, 1.82) is 0 Å². The molecule has 100 valence electrons. The van der Waals surface area contributed by atoms with Crippen molar-refractivity contribution < 1.29 is 19.4 Å². The van der Waals surface area contributed by atoms with Crippen LogP contribution in [-0.4, -0.2) is 30.8 Å². The van der Waals surface area contributed by atoms with Gasteiger partial charge in [0.25, 0.3) is 0 Å². The number of rotatable bonds is 7. The fourth-order valence-electron chi connectivity index (χ4n) is 1.57. The van der Waals surface area contributed by atoms with Crippen LogP contribution in [0.5, 0.6) is 11.5 Å². The van der Waals surface area contributed by atoms with Crippen molar-refractivity contribution in [3.63, 3.8) is 0 Å². The number of aliphatic carboxylic acids is 1. The van der Waals surface area contributed by atoms with E-state index >= 15 is 0 Å². The van der Waals surface area contributed by atoms with Crippen LogP contribution in [0.2, 0.25) is 0 Å². The molecule has 1 aromatic rings. The highest BCUT2D eigenvalue weighted by Gasteiger charge is 2.15. The molecule has 5 nitrogen and oxygen atoms in total. The monoisotopic (exact) mass is 253 g/mol. The minimum absolute atomic E-state index is 0.505. The summed E-state index contributed by atoms with van der Waals surface area (Å²) < 4.78 is 10.6. The summed E-state index contributed by atoms with van der Waals surface area (Å²) in [6.07, 6.45) is 0.505. The molecule has 1 aromatic carbocycles. The standard InChI is InChI=1S/C13H19NO4/c1-4-10(13(15)16)14-9-6-7-11(17-3)12(8-9)18-5-2/h6-8,10,14H,4-5H2,1-3H3,(H,15,16). The maximum atomic E-state index is 11.0. The topological polar surface area (TPSA) is 67.8 Å². The van der Waals surface area contributed by atoms with Crippen molar-refractivity contribution in [3.8, 4) is 11.5 Å². The summed E-state index contributed by atoms with van der Waals surface area (Å²) in [6.45, 7) is 4.22. The normalized spacial score (nSPS) is 11.7. The van der Waals surface area contributed by atoms with Gasteiger partial charge in [-0.3, -0.25) is 0 Å². The average molecular weight is 253 g/mol. The molecule has 0 aliphatic heterocycles. The van der Waals surface area contributed by atoms with E-state index in [0.717, 1.165) is 0 Å². The van der Waals surface area contributed by atoms with E-state index in [0.29, 0.717) is 30.2 Å². The Morgan fingerprint density at radius 2 is 2.11 bits per heavy atom. The summed E-state index contributed by atoms with van der Waals surface area (Å²) in [6, 6.07) is 4.66. The van der Waals surface area contributed by atoms with Crippen molar-refractivity contribution in [1.82, 2.24) is 0 Å². The number of carboxylic acids is 1. The molecule has 18 heavy (non-hydrogen) atoms. The van der Waals surface area contributed by atoms with Gasteiger partial charge in [-0.05, 0) is 25.5 Å². The molecule has 0 aromatic heterocycles. The molecule has 0 saturated carbocycles. The Morgan fingerprint density at radius 1 is 1.39 bits per heavy atom. The van der Waals surface area contributed by atoms with Crippen LogP contribution in [0.4, 0.5) is 5.69 Å². The van der Waals surface area contributed by atoms with Crippen molar-refractivity contribution in [2.24, 2.45) is 0 Å². The second-order valence-electron chi connectivity index (χ2n) is 3.74. The molecule has 0 aliphatic rings. The molecule has 0 radical (unpaired) electrons. The van der Waals surface area contributed by atoms with Crippen molar-refractivity contribution >= 4 is 11.7 Å². The molecule has 2 N–H and O–H groups in total. The van der Waals surface area contributed by atoms with Crippen LogP contribution in [0.15, 0.2) is 18.2 Å². The van der Waals surface area contributed by atoms with E-state index in [2.05, 4.69) is 5.32 Å². The van der Waals surface area contributed by atoms with Crippen LogP contribution in [0.1, 0.15) is 20.3 Å². The third-order valence-electron chi connectivity index (χ3n) is 2.51. The van der Waals surface area contributed by atoms with E-state index in [4.69, 9.17) is 14.6 Å². The van der Waals surface area contributed by atoms with Gasteiger partial charge >= 0.3 is 5.97 Å². The van der Waals surface area contributed by atoms with Crippen LogP contribution in [-0.2, 0) is 4.79 Å². The molecule has 0 saturated heterocycles. The van der Waals surface area contributed by atoms with Crippen molar-refractivity contribution in [3.05, 3.63) is 18.2 Å². The highest BCUT2D eigenvalue weighted by molar-refractivity contribution is 5.77. The first kappa shape index (κ1) is 14.2. The highest BCUT2D eigenvalue weighted by atomic mass is 16.5. The average Bonchev–Trinajstić information content (AvgIpc) is 2.36. The maximum Gasteiger partial charge on any atom is 0.326 e. The van der Waals surface area contributed by atoms with E-state index in [1.54, 1.807) is 25.3 Å². The molecule has 1 rings (SSSR count). The van der Waals surface area contributed by atoms with E-state index in [1.165, 1.54) is 0 Å². The molecule has 0 heterocycles. The SMILES string of the molecule is CCOc1cc(NC(CC)C(=O)O)ccc1OC. The van der Waals surface area contributed by atoms with Crippen molar-refractivity contribution in [2.75, 3.05) is 19.0 Å². The molecule has 0 fully saturated rings. The third kappa shape index (κ3) is 3.55. The molecule has 0 amide bonds. The van der Waals surface area contributed by atoms with Gasteiger partial charge in [0.1, 0.15) is 6.04 Å². The lowest BCUT2D eigenvalue weighted by molar-refractivity contribution is -0.137. The summed E-state index contributed by atoms with van der Waals surface area (Å²) >= 11 is 0. The summed E-state index contributed by atoms with van der Waals surface area (Å²) in [4.78, 5) is 11.0. The minimum Gasteiger partial charge on any atom is -0.493 e. The zero-order valence-corrected chi connectivity index (χ0v) is 10.9. The lowest BCUT2D eigenvalue weighted by Gasteiger charge is -2.16. The van der Waals surface area contributed by atoms with E-state index in [9.17, 15) is 4.79 Å². The lowest BCUT2D eigenvalue weighted by atomic mass is 10.2. The molecule has 1 atom stereocenters. The Hall–Kier alpha value is -1.91. The Kier molecular flexibility index (Phi) is 5.30. The predicted molar refractivity (Wildman–Crippen MR) is 69.5 cm³/mol. The maximum absolute atomic E-state index is 11.0. The molecule has 0 aliphatic carbocycles. The number of carbonyl (C=O) groups is 1. The number of nitrogens with one attached hydrogen (secondary N) is 1. The van der Waals surface area contributed by atoms with Gasteiger partial charge in [0.15, 0.2) is 11.5 Å². The fourth-order valence-corrected chi connectivity index (χ4v) is 1.57. The minimum atomic E-state index is -0.869. The van der Waals surface area contributed by atoms with Gasteiger partial charge in [0.2, 0.25) is 0 Å². The Bertz CT molecular complexity index is 406. The first-order valence-electron chi connectivity index (χ1n) is 5.92. The van der Waals surface area contributed by atoms with E-state index < -0.39 is 12.0 Å².